The number of nitrogens with one attached hydrogen (secondary N) is 2. The molecule has 1 atom stereocenters. The van der Waals surface area contributed by atoms with E-state index in [1.54, 1.807) is 6.26 Å². The number of likely N-dealkylation sites (tertiary alicyclic amines) is 1. The standard InChI is InChI=1S/C13H18N6O2/c14-13-16-11(17-18-13)12(20)15-8-9(10-4-3-7-21-10)19-5-1-2-6-19/h3-4,7,9H,1-2,5-6,8H2,(H,15,20)(H3,14,16,17,18). The first kappa shape index (κ1) is 13.6. The Balaban J connectivity index is 1.66. The first-order valence-electron chi connectivity index (χ1n) is 6.97. The molecule has 0 bridgehead atoms. The fourth-order valence-corrected chi connectivity index (χ4v) is 2.59. The molecule has 8 heteroatoms. The van der Waals surface area contributed by atoms with Gasteiger partial charge in [-0.25, -0.2) is 0 Å². The second-order valence-electron chi connectivity index (χ2n) is 5.03. The maximum Gasteiger partial charge on any atom is 0.288 e. The summed E-state index contributed by atoms with van der Waals surface area (Å²) in [7, 11) is 0. The maximum atomic E-state index is 12.0. The zero-order chi connectivity index (χ0) is 14.7. The van der Waals surface area contributed by atoms with Gasteiger partial charge < -0.3 is 15.5 Å². The van der Waals surface area contributed by atoms with Gasteiger partial charge in [0.25, 0.3) is 5.91 Å². The molecule has 0 aromatic carbocycles. The summed E-state index contributed by atoms with van der Waals surface area (Å²) < 4.78 is 5.50. The lowest BCUT2D eigenvalue weighted by Crippen LogP contribution is -2.37. The van der Waals surface area contributed by atoms with Crippen LogP contribution >= 0.6 is 0 Å². The number of aromatic nitrogens is 3. The van der Waals surface area contributed by atoms with Crippen molar-refractivity contribution in [3.05, 3.63) is 30.0 Å². The number of amides is 1. The molecule has 1 amide bonds. The van der Waals surface area contributed by atoms with Crippen LogP contribution in [0.4, 0.5) is 5.95 Å². The summed E-state index contributed by atoms with van der Waals surface area (Å²) in [6.07, 6.45) is 3.99. The number of H-pyrrole nitrogens is 1. The molecule has 8 nitrogen and oxygen atoms in total. The Morgan fingerprint density at radius 3 is 2.95 bits per heavy atom. The van der Waals surface area contributed by atoms with E-state index >= 15 is 0 Å². The van der Waals surface area contributed by atoms with Crippen LogP contribution in [0.2, 0.25) is 0 Å². The Hall–Kier alpha value is -2.35. The summed E-state index contributed by atoms with van der Waals surface area (Å²) in [5, 5.41) is 8.99. The van der Waals surface area contributed by atoms with Crippen LogP contribution in [0.5, 0.6) is 0 Å². The average Bonchev–Trinajstić information content (AvgIpc) is 3.21. The molecule has 3 rings (SSSR count). The highest BCUT2D eigenvalue weighted by molar-refractivity contribution is 5.90. The van der Waals surface area contributed by atoms with Crippen molar-refractivity contribution < 1.29 is 9.21 Å². The van der Waals surface area contributed by atoms with Gasteiger partial charge in [0, 0.05) is 6.54 Å². The number of nitrogens with zero attached hydrogens (tertiary/aromatic N) is 3. The number of carbonyl (C=O) groups excluding carboxylic acids is 1. The quantitative estimate of drug-likeness (QED) is 0.741. The predicted molar refractivity (Wildman–Crippen MR) is 75.4 cm³/mol. The highest BCUT2D eigenvalue weighted by atomic mass is 16.3. The number of nitrogen functional groups attached to an aromatic ring is 1. The van der Waals surface area contributed by atoms with Gasteiger partial charge in [-0.2, -0.15) is 4.98 Å². The van der Waals surface area contributed by atoms with Crippen LogP contribution in [-0.2, 0) is 0 Å². The van der Waals surface area contributed by atoms with Gasteiger partial charge in [0.15, 0.2) is 0 Å². The van der Waals surface area contributed by atoms with Gasteiger partial charge in [0.05, 0.1) is 12.3 Å². The van der Waals surface area contributed by atoms with E-state index in [0.717, 1.165) is 18.8 Å². The van der Waals surface area contributed by atoms with Crippen LogP contribution < -0.4 is 11.1 Å². The number of furan rings is 1. The second-order valence-corrected chi connectivity index (χ2v) is 5.03. The van der Waals surface area contributed by atoms with Gasteiger partial charge in [0.1, 0.15) is 5.76 Å². The van der Waals surface area contributed by atoms with Crippen molar-refractivity contribution >= 4 is 11.9 Å². The lowest BCUT2D eigenvalue weighted by atomic mass is 10.2. The Labute approximate surface area is 121 Å². The van der Waals surface area contributed by atoms with E-state index in [-0.39, 0.29) is 23.7 Å². The molecular formula is C13H18N6O2. The SMILES string of the molecule is Nc1n[nH]c(C(=O)NCC(c2ccco2)N2CCCC2)n1. The topological polar surface area (TPSA) is 113 Å². The van der Waals surface area contributed by atoms with Crippen LogP contribution in [0.15, 0.2) is 22.8 Å². The number of hydrogen-bond donors (Lipinski definition) is 3. The van der Waals surface area contributed by atoms with Crippen molar-refractivity contribution in [3.63, 3.8) is 0 Å². The maximum absolute atomic E-state index is 12.0. The lowest BCUT2D eigenvalue weighted by Gasteiger charge is -2.25. The van der Waals surface area contributed by atoms with E-state index in [1.165, 1.54) is 12.8 Å². The Kier molecular flexibility index (Phi) is 3.87. The van der Waals surface area contributed by atoms with Gasteiger partial charge in [0.2, 0.25) is 11.8 Å². The largest absolute Gasteiger partial charge is 0.468 e. The highest BCUT2D eigenvalue weighted by Gasteiger charge is 2.26. The number of rotatable bonds is 5. The van der Waals surface area contributed by atoms with E-state index in [4.69, 9.17) is 10.2 Å². The number of anilines is 1. The minimum atomic E-state index is -0.324. The molecular weight excluding hydrogens is 272 g/mol. The third-order valence-corrected chi connectivity index (χ3v) is 3.63. The summed E-state index contributed by atoms with van der Waals surface area (Å²) >= 11 is 0. The van der Waals surface area contributed by atoms with Gasteiger partial charge in [-0.3, -0.25) is 14.8 Å². The van der Waals surface area contributed by atoms with Gasteiger partial charge >= 0.3 is 0 Å². The molecule has 0 radical (unpaired) electrons. The Bertz CT molecular complexity index is 588. The number of aromatic amines is 1. The summed E-state index contributed by atoms with van der Waals surface area (Å²) in [5.74, 6) is 0.707. The van der Waals surface area contributed by atoms with Crippen LogP contribution in [0.1, 0.15) is 35.3 Å². The first-order valence-corrected chi connectivity index (χ1v) is 6.97. The lowest BCUT2D eigenvalue weighted by molar-refractivity contribution is 0.0924. The molecule has 0 aliphatic carbocycles. The molecule has 21 heavy (non-hydrogen) atoms. The van der Waals surface area contributed by atoms with Crippen molar-refractivity contribution in [3.8, 4) is 0 Å². The fourth-order valence-electron chi connectivity index (χ4n) is 2.59. The minimum Gasteiger partial charge on any atom is -0.468 e. The molecule has 2 aromatic heterocycles. The van der Waals surface area contributed by atoms with E-state index in [2.05, 4.69) is 25.4 Å². The molecule has 0 saturated carbocycles. The third kappa shape index (κ3) is 3.05. The second kappa shape index (κ2) is 5.96. The monoisotopic (exact) mass is 290 g/mol. The molecule has 1 unspecified atom stereocenters. The third-order valence-electron chi connectivity index (χ3n) is 3.63. The molecule has 3 heterocycles. The molecule has 1 saturated heterocycles. The van der Waals surface area contributed by atoms with Crippen LogP contribution in [0.25, 0.3) is 0 Å². The van der Waals surface area contributed by atoms with Crippen LogP contribution in [-0.4, -0.2) is 45.6 Å². The first-order chi connectivity index (χ1) is 10.2. The van der Waals surface area contributed by atoms with E-state index < -0.39 is 0 Å². The summed E-state index contributed by atoms with van der Waals surface area (Å²) in [5.41, 5.74) is 5.39. The van der Waals surface area contributed by atoms with Crippen molar-refractivity contribution in [2.24, 2.45) is 0 Å². The summed E-state index contributed by atoms with van der Waals surface area (Å²) in [4.78, 5) is 18.1. The van der Waals surface area contributed by atoms with Crippen molar-refractivity contribution in [2.45, 2.75) is 18.9 Å². The van der Waals surface area contributed by atoms with Crippen molar-refractivity contribution in [2.75, 3.05) is 25.4 Å². The molecule has 2 aromatic rings. The van der Waals surface area contributed by atoms with E-state index in [0.29, 0.717) is 6.54 Å². The minimum absolute atomic E-state index is 0.0340. The average molecular weight is 290 g/mol. The van der Waals surface area contributed by atoms with Crippen LogP contribution in [0, 0.1) is 0 Å². The van der Waals surface area contributed by atoms with Crippen LogP contribution in [0.3, 0.4) is 0 Å². The van der Waals surface area contributed by atoms with Gasteiger partial charge in [-0.05, 0) is 38.1 Å². The molecule has 1 fully saturated rings. The zero-order valence-corrected chi connectivity index (χ0v) is 11.6. The smallest absolute Gasteiger partial charge is 0.288 e. The molecule has 0 spiro atoms. The Morgan fingerprint density at radius 2 is 2.33 bits per heavy atom. The normalized spacial score (nSPS) is 17.0. The summed E-state index contributed by atoms with van der Waals surface area (Å²) in [6.45, 7) is 2.47. The van der Waals surface area contributed by atoms with E-state index in [1.807, 2.05) is 12.1 Å². The molecule has 112 valence electrons. The Morgan fingerprint density at radius 1 is 1.52 bits per heavy atom. The fraction of sp³-hybridized carbons (Fsp3) is 0.462. The number of carbonyl (C=O) groups is 1. The highest BCUT2D eigenvalue weighted by Crippen LogP contribution is 2.24. The molecule has 1 aliphatic heterocycles. The van der Waals surface area contributed by atoms with E-state index in [9.17, 15) is 4.79 Å². The summed E-state index contributed by atoms with van der Waals surface area (Å²) in [6, 6.07) is 3.82. The molecule has 1 aliphatic rings. The molecule has 4 N–H and O–H groups in total. The van der Waals surface area contributed by atoms with Gasteiger partial charge in [-0.1, -0.05) is 0 Å². The predicted octanol–water partition coefficient (Wildman–Crippen LogP) is 0.547. The zero-order valence-electron chi connectivity index (χ0n) is 11.6. The van der Waals surface area contributed by atoms with Crippen molar-refractivity contribution in [1.82, 2.24) is 25.4 Å². The number of hydrogen-bond acceptors (Lipinski definition) is 6. The van der Waals surface area contributed by atoms with Gasteiger partial charge in [-0.15, -0.1) is 5.10 Å². The van der Waals surface area contributed by atoms with Crippen molar-refractivity contribution in [1.29, 1.82) is 0 Å². The number of nitrogens with two attached hydrogens (primary N) is 1.